The number of benzene rings is 1. The van der Waals surface area contributed by atoms with Gasteiger partial charge in [0.2, 0.25) is 15.9 Å². The zero-order valence-electron chi connectivity index (χ0n) is 14.6. The molecule has 8 nitrogen and oxygen atoms in total. The minimum atomic E-state index is -3.67. The van der Waals surface area contributed by atoms with E-state index in [4.69, 9.17) is 4.42 Å². The molecule has 0 aliphatic carbocycles. The number of anilines is 1. The lowest BCUT2D eigenvalue weighted by atomic mass is 10.2. The first-order valence-electron chi connectivity index (χ1n) is 8.44. The molecule has 1 aliphatic heterocycles. The minimum absolute atomic E-state index is 0.132. The van der Waals surface area contributed by atoms with Gasteiger partial charge in [0.05, 0.1) is 5.69 Å². The maximum Gasteiger partial charge on any atom is 0.264 e. The van der Waals surface area contributed by atoms with Crippen molar-refractivity contribution >= 4 is 15.7 Å². The zero-order chi connectivity index (χ0) is 19.0. The third-order valence-corrected chi connectivity index (χ3v) is 6.36. The van der Waals surface area contributed by atoms with E-state index in [1.807, 2.05) is 4.90 Å². The molecule has 0 bridgehead atoms. The number of aromatic nitrogens is 3. The maximum absolute atomic E-state index is 13.9. The largest absolute Gasteiger partial charge is 0.420 e. The highest BCUT2D eigenvalue weighted by atomic mass is 32.2. The average molecular weight is 391 g/mol. The molecule has 0 amide bonds. The van der Waals surface area contributed by atoms with Crippen molar-refractivity contribution in [1.82, 2.24) is 19.5 Å². The number of hydrogen-bond acceptors (Lipinski definition) is 6. The molecule has 1 aromatic carbocycles. The number of nitrogens with one attached hydrogen (secondary N) is 1. The van der Waals surface area contributed by atoms with Gasteiger partial charge in [-0.15, -0.1) is 10.2 Å². The van der Waals surface area contributed by atoms with Crippen molar-refractivity contribution in [3.8, 4) is 11.6 Å². The lowest BCUT2D eigenvalue weighted by Crippen LogP contribution is -2.48. The summed E-state index contributed by atoms with van der Waals surface area (Å²) in [4.78, 5) is 4.85. The number of rotatable bonds is 4. The third-order valence-electron chi connectivity index (χ3n) is 4.48. The van der Waals surface area contributed by atoms with Crippen LogP contribution in [-0.2, 0) is 10.0 Å². The standard InChI is InChI=1S/C17H18FN5O3S/c1-12-20-21-17(26-12)15-10-13(11-19-15)27(24,25)23-8-6-22(7-9-23)16-5-3-2-4-14(16)18/h2-5,10-11,19H,6-9H2,1H3. The minimum Gasteiger partial charge on any atom is -0.420 e. The Bertz CT molecular complexity index is 1050. The van der Waals surface area contributed by atoms with Gasteiger partial charge in [-0.25, -0.2) is 12.8 Å². The number of aryl methyl sites for hydroxylation is 1. The molecule has 0 saturated carbocycles. The summed E-state index contributed by atoms with van der Waals surface area (Å²) in [5.74, 6) is 0.325. The van der Waals surface area contributed by atoms with E-state index in [2.05, 4.69) is 15.2 Å². The van der Waals surface area contributed by atoms with E-state index in [0.29, 0.717) is 30.4 Å². The predicted octanol–water partition coefficient (Wildman–Crippen LogP) is 2.02. The fraction of sp³-hybridized carbons (Fsp3) is 0.294. The van der Waals surface area contributed by atoms with Crippen LogP contribution in [0.2, 0.25) is 0 Å². The predicted molar refractivity (Wildman–Crippen MR) is 96.2 cm³/mol. The van der Waals surface area contributed by atoms with Crippen molar-refractivity contribution < 1.29 is 17.2 Å². The number of sulfonamides is 1. The van der Waals surface area contributed by atoms with E-state index in [-0.39, 0.29) is 29.7 Å². The van der Waals surface area contributed by atoms with Crippen LogP contribution in [-0.4, -0.2) is 54.1 Å². The summed E-state index contributed by atoms with van der Waals surface area (Å²) in [6.07, 6.45) is 1.41. The van der Waals surface area contributed by atoms with Crippen molar-refractivity contribution in [2.24, 2.45) is 0 Å². The summed E-state index contributed by atoms with van der Waals surface area (Å²) >= 11 is 0. The Hall–Kier alpha value is -2.72. The first-order chi connectivity index (χ1) is 12.9. The van der Waals surface area contributed by atoms with Gasteiger partial charge in [-0.2, -0.15) is 4.31 Å². The van der Waals surface area contributed by atoms with Crippen LogP contribution in [0.1, 0.15) is 5.89 Å². The molecule has 27 heavy (non-hydrogen) atoms. The molecule has 2 aromatic heterocycles. The van der Waals surface area contributed by atoms with Crippen LogP contribution in [0.15, 0.2) is 45.8 Å². The van der Waals surface area contributed by atoms with Crippen LogP contribution in [0.4, 0.5) is 10.1 Å². The average Bonchev–Trinajstić information content (AvgIpc) is 3.32. The summed E-state index contributed by atoms with van der Waals surface area (Å²) in [6, 6.07) is 7.98. The Labute approximate surface area is 155 Å². The first kappa shape index (κ1) is 17.7. The number of H-pyrrole nitrogens is 1. The molecule has 0 atom stereocenters. The normalized spacial score (nSPS) is 16.0. The number of hydrogen-bond donors (Lipinski definition) is 1. The molecule has 4 rings (SSSR count). The Morgan fingerprint density at radius 3 is 2.56 bits per heavy atom. The lowest BCUT2D eigenvalue weighted by molar-refractivity contribution is 0.383. The van der Waals surface area contributed by atoms with Crippen LogP contribution in [0.3, 0.4) is 0 Å². The Balaban J connectivity index is 1.49. The topological polar surface area (TPSA) is 95.3 Å². The van der Waals surface area contributed by atoms with Crippen LogP contribution >= 0.6 is 0 Å². The SMILES string of the molecule is Cc1nnc(-c2cc(S(=O)(=O)N3CCN(c4ccccc4F)CC3)c[nH]2)o1. The monoisotopic (exact) mass is 391 g/mol. The fourth-order valence-electron chi connectivity index (χ4n) is 3.08. The Kier molecular flexibility index (Phi) is 4.44. The van der Waals surface area contributed by atoms with E-state index in [1.165, 1.54) is 22.6 Å². The molecule has 1 N–H and O–H groups in total. The number of halogens is 1. The van der Waals surface area contributed by atoms with E-state index >= 15 is 0 Å². The number of aromatic amines is 1. The van der Waals surface area contributed by atoms with Crippen molar-refractivity contribution in [1.29, 1.82) is 0 Å². The van der Waals surface area contributed by atoms with Crippen molar-refractivity contribution in [2.45, 2.75) is 11.8 Å². The van der Waals surface area contributed by atoms with Gasteiger partial charge in [0, 0.05) is 39.3 Å². The highest BCUT2D eigenvalue weighted by Crippen LogP contribution is 2.25. The van der Waals surface area contributed by atoms with Gasteiger partial charge in [-0.1, -0.05) is 12.1 Å². The molecule has 3 heterocycles. The molecule has 0 spiro atoms. The zero-order valence-corrected chi connectivity index (χ0v) is 15.4. The number of piperazine rings is 1. The Morgan fingerprint density at radius 2 is 1.89 bits per heavy atom. The van der Waals surface area contributed by atoms with Crippen LogP contribution < -0.4 is 4.90 Å². The number of nitrogens with zero attached hydrogens (tertiary/aromatic N) is 4. The third kappa shape index (κ3) is 3.33. The molecule has 1 fully saturated rings. The van der Waals surface area contributed by atoms with Gasteiger partial charge in [0.25, 0.3) is 5.89 Å². The van der Waals surface area contributed by atoms with E-state index < -0.39 is 10.0 Å². The summed E-state index contributed by atoms with van der Waals surface area (Å²) in [5.41, 5.74) is 0.935. The molecular formula is C17H18FN5O3S. The second kappa shape index (κ2) is 6.78. The summed E-state index contributed by atoms with van der Waals surface area (Å²) in [7, 11) is -3.67. The van der Waals surface area contributed by atoms with Gasteiger partial charge in [-0.05, 0) is 18.2 Å². The summed E-state index contributed by atoms with van der Waals surface area (Å²) < 4.78 is 46.4. The smallest absolute Gasteiger partial charge is 0.264 e. The van der Waals surface area contributed by atoms with Crippen LogP contribution in [0.25, 0.3) is 11.6 Å². The van der Waals surface area contributed by atoms with Gasteiger partial charge in [-0.3, -0.25) is 0 Å². The highest BCUT2D eigenvalue weighted by Gasteiger charge is 2.30. The Morgan fingerprint density at radius 1 is 1.15 bits per heavy atom. The van der Waals surface area contributed by atoms with Crippen LogP contribution in [0, 0.1) is 12.7 Å². The molecule has 3 aromatic rings. The van der Waals surface area contributed by atoms with Crippen LogP contribution in [0.5, 0.6) is 0 Å². The van der Waals surface area contributed by atoms with E-state index in [1.54, 1.807) is 25.1 Å². The second-order valence-corrected chi connectivity index (χ2v) is 8.16. The summed E-state index contributed by atoms with van der Waals surface area (Å²) in [5, 5.41) is 7.61. The van der Waals surface area contributed by atoms with Crippen molar-refractivity contribution in [3.05, 3.63) is 48.2 Å². The highest BCUT2D eigenvalue weighted by molar-refractivity contribution is 7.89. The second-order valence-electron chi connectivity index (χ2n) is 6.22. The van der Waals surface area contributed by atoms with Gasteiger partial charge in [0.15, 0.2) is 0 Å². The first-order valence-corrected chi connectivity index (χ1v) is 9.88. The van der Waals surface area contributed by atoms with E-state index in [0.717, 1.165) is 0 Å². The summed E-state index contributed by atoms with van der Waals surface area (Å²) in [6.45, 7) is 3.04. The molecular weight excluding hydrogens is 373 g/mol. The molecule has 142 valence electrons. The van der Waals surface area contributed by atoms with E-state index in [9.17, 15) is 12.8 Å². The number of para-hydroxylation sites is 1. The van der Waals surface area contributed by atoms with Gasteiger partial charge in [0.1, 0.15) is 16.4 Å². The van der Waals surface area contributed by atoms with Gasteiger partial charge < -0.3 is 14.3 Å². The maximum atomic E-state index is 13.9. The molecule has 1 saturated heterocycles. The fourth-order valence-corrected chi connectivity index (χ4v) is 4.50. The molecule has 0 unspecified atom stereocenters. The van der Waals surface area contributed by atoms with Gasteiger partial charge >= 0.3 is 0 Å². The lowest BCUT2D eigenvalue weighted by Gasteiger charge is -2.35. The quantitative estimate of drug-likeness (QED) is 0.731. The molecule has 10 heteroatoms. The molecule has 1 aliphatic rings. The van der Waals surface area contributed by atoms with Crippen molar-refractivity contribution in [3.63, 3.8) is 0 Å². The van der Waals surface area contributed by atoms with Crippen molar-refractivity contribution in [2.75, 3.05) is 31.1 Å². The molecule has 0 radical (unpaired) electrons.